The second-order valence-corrected chi connectivity index (χ2v) is 6.32. The van der Waals surface area contributed by atoms with Crippen molar-refractivity contribution in [1.82, 2.24) is 0 Å². The van der Waals surface area contributed by atoms with Crippen LogP contribution in [0.25, 0.3) is 0 Å². The number of hydrogen-bond donors (Lipinski definition) is 5. The van der Waals surface area contributed by atoms with Crippen molar-refractivity contribution in [2.45, 2.75) is 17.9 Å². The molecule has 1 unspecified atom stereocenters. The van der Waals surface area contributed by atoms with Gasteiger partial charge in [-0.3, -0.25) is 4.55 Å². The van der Waals surface area contributed by atoms with Gasteiger partial charge >= 0.3 is 11.9 Å². The van der Waals surface area contributed by atoms with Crippen molar-refractivity contribution in [3.8, 4) is 0 Å². The van der Waals surface area contributed by atoms with Crippen LogP contribution in [0.2, 0.25) is 0 Å². The van der Waals surface area contributed by atoms with E-state index in [0.717, 1.165) is 18.2 Å². The van der Waals surface area contributed by atoms with E-state index >= 15 is 0 Å². The van der Waals surface area contributed by atoms with E-state index < -0.39 is 44.2 Å². The van der Waals surface area contributed by atoms with Crippen LogP contribution in [0.3, 0.4) is 0 Å². The van der Waals surface area contributed by atoms with Crippen LogP contribution in [0.1, 0.15) is 27.6 Å². The number of ether oxygens (including phenoxy) is 2. The second-order valence-electron chi connectivity index (χ2n) is 4.97. The highest BCUT2D eigenvalue weighted by Crippen LogP contribution is 2.21. The number of carboxylic acids is 1. The summed E-state index contributed by atoms with van der Waals surface area (Å²) in [5.74, 6) is -2.74. The number of aromatic carboxylic acids is 1. The number of benzene rings is 1. The Morgan fingerprint density at radius 3 is 2.11 bits per heavy atom. The predicted molar refractivity (Wildman–Crippen MR) is 90.2 cm³/mol. The summed E-state index contributed by atoms with van der Waals surface area (Å²) in [6.07, 6.45) is -0.560. The molecule has 0 bridgehead atoms. The molecule has 5 N–H and O–H groups in total. The maximum Gasteiger partial charge on any atom is 0.339 e. The molecule has 0 radical (unpaired) electrons. The Hall–Kier alpha value is -2.09. The molecule has 0 amide bonds. The van der Waals surface area contributed by atoms with Crippen molar-refractivity contribution in [1.29, 1.82) is 0 Å². The smallest absolute Gasteiger partial charge is 0.339 e. The zero-order chi connectivity index (χ0) is 21.0. The summed E-state index contributed by atoms with van der Waals surface area (Å²) >= 11 is 0. The molecule has 1 aromatic carbocycles. The van der Waals surface area contributed by atoms with Crippen molar-refractivity contribution < 1.29 is 52.5 Å². The fourth-order valence-corrected chi connectivity index (χ4v) is 2.44. The van der Waals surface area contributed by atoms with Crippen LogP contribution in [0.4, 0.5) is 0 Å². The minimum atomic E-state index is -4.94. The van der Waals surface area contributed by atoms with Crippen LogP contribution in [-0.4, -0.2) is 84.5 Å². The summed E-state index contributed by atoms with van der Waals surface area (Å²) < 4.78 is 41.4. The fraction of sp³-hybridized carbons (Fsp3) is 0.467. The van der Waals surface area contributed by atoms with Crippen LogP contribution < -0.4 is 0 Å². The van der Waals surface area contributed by atoms with Crippen molar-refractivity contribution in [3.05, 3.63) is 29.3 Å². The van der Waals surface area contributed by atoms with E-state index in [1.165, 1.54) is 6.92 Å². The molecule has 11 nitrogen and oxygen atoms in total. The van der Waals surface area contributed by atoms with Gasteiger partial charge in [0.2, 0.25) is 0 Å². The topological polar surface area (TPSA) is 188 Å². The quantitative estimate of drug-likeness (QED) is 0.194. The lowest BCUT2D eigenvalue weighted by Crippen LogP contribution is -2.18. The monoisotopic (exact) mass is 410 g/mol. The third-order valence-corrected chi connectivity index (χ3v) is 3.64. The normalized spacial score (nSPS) is 11.9. The standard InChI is InChI=1S/C12H14O9S.C3H8O2/c13-4-5-20-6-7-21-12(16)9-3-1-2-8(11(14)15)10(9)22(17,18)19;1-3(5)2-4/h1-3,13H,4-7H2,(H,14,15)(H,17,18,19);3-5H,2H2,1H3. The van der Waals surface area contributed by atoms with Gasteiger partial charge in [-0.05, 0) is 19.1 Å². The number of aliphatic hydroxyl groups excluding tert-OH is 3. The lowest BCUT2D eigenvalue weighted by Gasteiger charge is -2.10. The van der Waals surface area contributed by atoms with Gasteiger partial charge in [-0.1, -0.05) is 6.07 Å². The average molecular weight is 410 g/mol. The van der Waals surface area contributed by atoms with Crippen LogP contribution >= 0.6 is 0 Å². The summed E-state index contributed by atoms with van der Waals surface area (Å²) in [4.78, 5) is 21.8. The molecule has 0 heterocycles. The van der Waals surface area contributed by atoms with E-state index in [9.17, 15) is 18.0 Å². The Kier molecular flexibility index (Phi) is 11.4. The first-order valence-electron chi connectivity index (χ1n) is 7.54. The van der Waals surface area contributed by atoms with E-state index in [0.29, 0.717) is 0 Å². The number of rotatable bonds is 9. The van der Waals surface area contributed by atoms with Gasteiger partial charge in [0, 0.05) is 0 Å². The summed E-state index contributed by atoms with van der Waals surface area (Å²) in [7, 11) is -4.94. The van der Waals surface area contributed by atoms with Gasteiger partial charge in [-0.25, -0.2) is 9.59 Å². The molecular weight excluding hydrogens is 388 g/mol. The molecule has 0 aliphatic heterocycles. The predicted octanol–water partition coefficient (Wildman–Crippen LogP) is -0.843. The van der Waals surface area contributed by atoms with Gasteiger partial charge in [0.1, 0.15) is 11.5 Å². The first-order valence-corrected chi connectivity index (χ1v) is 8.98. The summed E-state index contributed by atoms with van der Waals surface area (Å²) in [5.41, 5.74) is -1.34. The number of carboxylic acid groups (broad SMARTS) is 1. The highest BCUT2D eigenvalue weighted by Gasteiger charge is 2.28. The largest absolute Gasteiger partial charge is 0.478 e. The fourth-order valence-electron chi connectivity index (χ4n) is 1.58. The summed E-state index contributed by atoms with van der Waals surface area (Å²) in [6.45, 7) is 0.955. The van der Waals surface area contributed by atoms with Crippen LogP contribution in [0.15, 0.2) is 23.1 Å². The molecule has 1 rings (SSSR count). The Morgan fingerprint density at radius 1 is 1.11 bits per heavy atom. The third kappa shape index (κ3) is 9.42. The Labute approximate surface area is 155 Å². The van der Waals surface area contributed by atoms with Gasteiger partial charge in [-0.15, -0.1) is 0 Å². The molecule has 1 atom stereocenters. The number of carbonyl (C=O) groups is 2. The number of carbonyl (C=O) groups excluding carboxylic acids is 1. The lowest BCUT2D eigenvalue weighted by molar-refractivity contribution is 0.0255. The van der Waals surface area contributed by atoms with Crippen LogP contribution in [-0.2, 0) is 19.6 Å². The highest BCUT2D eigenvalue weighted by atomic mass is 32.2. The molecule has 0 fully saturated rings. The van der Waals surface area contributed by atoms with Crippen LogP contribution in [0, 0.1) is 0 Å². The number of aliphatic hydroxyl groups is 3. The van der Waals surface area contributed by atoms with Crippen molar-refractivity contribution in [2.24, 2.45) is 0 Å². The second kappa shape index (κ2) is 12.3. The molecule has 0 saturated carbocycles. The Balaban J connectivity index is 0.00000119. The molecule has 1 aromatic rings. The van der Waals surface area contributed by atoms with Gasteiger partial charge < -0.3 is 29.9 Å². The maximum atomic E-state index is 11.8. The first kappa shape index (κ1) is 24.9. The highest BCUT2D eigenvalue weighted by molar-refractivity contribution is 7.86. The van der Waals surface area contributed by atoms with E-state index in [2.05, 4.69) is 0 Å². The lowest BCUT2D eigenvalue weighted by atomic mass is 10.1. The SMILES string of the molecule is CC(O)CO.O=C(O)c1cccc(C(=O)OCCOCCO)c1S(=O)(=O)O. The maximum absolute atomic E-state index is 11.8. The zero-order valence-corrected chi connectivity index (χ0v) is 15.3. The van der Waals surface area contributed by atoms with Gasteiger partial charge in [0.15, 0.2) is 0 Å². The van der Waals surface area contributed by atoms with Crippen molar-refractivity contribution in [3.63, 3.8) is 0 Å². The number of esters is 1. The molecule has 0 spiro atoms. The average Bonchev–Trinajstić information content (AvgIpc) is 2.60. The zero-order valence-electron chi connectivity index (χ0n) is 14.4. The summed E-state index contributed by atoms with van der Waals surface area (Å²) in [5, 5.41) is 33.4. The summed E-state index contributed by atoms with van der Waals surface area (Å²) in [6, 6.07) is 3.11. The molecule has 0 saturated heterocycles. The van der Waals surface area contributed by atoms with Crippen molar-refractivity contribution >= 4 is 22.1 Å². The molecule has 154 valence electrons. The molecule has 0 aromatic heterocycles. The molecule has 12 heteroatoms. The molecule has 0 aliphatic carbocycles. The van der Waals surface area contributed by atoms with Crippen molar-refractivity contribution in [2.75, 3.05) is 33.0 Å². The van der Waals surface area contributed by atoms with Crippen LogP contribution in [0.5, 0.6) is 0 Å². The molecular formula is C15H22O11S. The van der Waals surface area contributed by atoms with E-state index in [1.54, 1.807) is 0 Å². The molecule has 27 heavy (non-hydrogen) atoms. The minimum Gasteiger partial charge on any atom is -0.478 e. The van der Waals surface area contributed by atoms with E-state index in [-0.39, 0.29) is 33.0 Å². The first-order chi connectivity index (χ1) is 12.6. The molecule has 0 aliphatic rings. The third-order valence-electron chi connectivity index (χ3n) is 2.68. The number of hydrogen-bond acceptors (Lipinski definition) is 9. The van der Waals surface area contributed by atoms with Gasteiger partial charge in [0.25, 0.3) is 10.1 Å². The minimum absolute atomic E-state index is 0.0356. The van der Waals surface area contributed by atoms with E-state index in [4.69, 9.17) is 34.5 Å². The van der Waals surface area contributed by atoms with Gasteiger partial charge in [-0.2, -0.15) is 8.42 Å². The van der Waals surface area contributed by atoms with Gasteiger partial charge in [0.05, 0.1) is 43.7 Å². The van der Waals surface area contributed by atoms with E-state index in [1.807, 2.05) is 0 Å². The Morgan fingerprint density at radius 2 is 1.67 bits per heavy atom. The Bertz CT molecular complexity index is 712.